The van der Waals surface area contributed by atoms with Crippen molar-refractivity contribution in [3.05, 3.63) is 13.2 Å². The van der Waals surface area contributed by atoms with Gasteiger partial charge < -0.3 is 13.2 Å². The van der Waals surface area contributed by atoms with Gasteiger partial charge in [-0.05, 0) is 0 Å². The average molecular weight is 338 g/mol. The largest absolute Gasteiger partial charge is 0.675 e. The van der Waals surface area contributed by atoms with Crippen LogP contribution in [-0.4, -0.2) is 6.04 Å². The van der Waals surface area contributed by atoms with Gasteiger partial charge in [-0.3, -0.25) is 0 Å². The van der Waals surface area contributed by atoms with E-state index >= 15 is 0 Å². The molecular weight excluding hydrogens is 317 g/mol. The molecule has 0 saturated heterocycles. The Hall–Kier alpha value is 0.648. The van der Waals surface area contributed by atoms with Crippen molar-refractivity contribution >= 4 is 0 Å². The number of nitrogens with one attached hydrogen (secondary N) is 1. The third-order valence-electron chi connectivity index (χ3n) is 1.61. The molecule has 74 valence electrons. The van der Waals surface area contributed by atoms with E-state index in [1.165, 1.54) is 19.3 Å². The quantitative estimate of drug-likeness (QED) is 0.599. The van der Waals surface area contributed by atoms with Gasteiger partial charge in [0.25, 0.3) is 0 Å². The first-order chi connectivity index (χ1) is 4.39. The summed E-state index contributed by atoms with van der Waals surface area (Å²) in [5.74, 6) is 0. The Kier molecular flexibility index (Phi) is 21.3. The molecule has 1 nitrogen and oxygen atoms in total. The third kappa shape index (κ3) is 10.6. The second kappa shape index (κ2) is 13.3. The maximum atomic E-state index is 7.27. The summed E-state index contributed by atoms with van der Waals surface area (Å²) in [6.45, 7) is 4.00. The van der Waals surface area contributed by atoms with Crippen LogP contribution < -0.4 is 0 Å². The molecule has 1 fully saturated rings. The Morgan fingerprint density at radius 3 is 1.55 bits per heavy atom. The molecule has 1 aliphatic carbocycles. The molecule has 1 N–H and O–H groups in total. The monoisotopic (exact) mass is 338 g/mol. The Labute approximate surface area is 86.4 Å². The fourth-order valence-electron chi connectivity index (χ4n) is 1.10. The van der Waals surface area contributed by atoms with Crippen molar-refractivity contribution in [1.29, 1.82) is 0 Å². The van der Waals surface area contributed by atoms with Gasteiger partial charge in [-0.25, -0.2) is 0 Å². The standard InChI is InChI=1S/C6H12N.C2H6.CH3.Pt/c7-6-4-2-1-3-5-6;1-2;;/h6-7H,1-5H2;1-2H3;1H3;/q-1;;-1;. The molecule has 1 rings (SSSR count). The minimum atomic E-state index is 0. The molecule has 1 saturated carbocycles. The zero-order valence-electron chi connectivity index (χ0n) is 7.93. The van der Waals surface area contributed by atoms with Gasteiger partial charge in [0.15, 0.2) is 0 Å². The SMILES string of the molecule is CC.[CH3-].[NH-]C1CCCCC1.[Pt]. The second-order valence-corrected chi connectivity index (χ2v) is 2.33. The van der Waals surface area contributed by atoms with E-state index in [0.29, 0.717) is 0 Å². The van der Waals surface area contributed by atoms with Crippen LogP contribution in [0.3, 0.4) is 0 Å². The summed E-state index contributed by atoms with van der Waals surface area (Å²) in [4.78, 5) is 0. The van der Waals surface area contributed by atoms with Crippen LogP contribution >= 0.6 is 0 Å². The molecule has 0 heterocycles. The van der Waals surface area contributed by atoms with E-state index in [-0.39, 0.29) is 34.5 Å². The van der Waals surface area contributed by atoms with Gasteiger partial charge in [0.05, 0.1) is 0 Å². The van der Waals surface area contributed by atoms with Crippen LogP contribution in [0, 0.1) is 7.43 Å². The van der Waals surface area contributed by atoms with Gasteiger partial charge in [0.2, 0.25) is 0 Å². The van der Waals surface area contributed by atoms with Crippen molar-refractivity contribution in [1.82, 2.24) is 0 Å². The van der Waals surface area contributed by atoms with Crippen LogP contribution in [0.25, 0.3) is 5.73 Å². The van der Waals surface area contributed by atoms with Crippen LogP contribution in [-0.2, 0) is 21.1 Å². The van der Waals surface area contributed by atoms with E-state index in [1.54, 1.807) is 0 Å². The molecule has 0 aromatic carbocycles. The van der Waals surface area contributed by atoms with Crippen molar-refractivity contribution in [3.8, 4) is 0 Å². The van der Waals surface area contributed by atoms with Gasteiger partial charge in [0, 0.05) is 21.1 Å². The molecule has 0 amide bonds. The van der Waals surface area contributed by atoms with Crippen molar-refractivity contribution in [2.24, 2.45) is 0 Å². The maximum Gasteiger partial charge on any atom is 0 e. The fraction of sp³-hybridized carbons (Fsp3) is 0.889. The van der Waals surface area contributed by atoms with Gasteiger partial charge in [-0.2, -0.15) is 0 Å². The normalized spacial score (nSPS) is 16.6. The molecule has 0 aliphatic heterocycles. The molecule has 11 heavy (non-hydrogen) atoms. The van der Waals surface area contributed by atoms with E-state index in [0.717, 1.165) is 12.8 Å². The van der Waals surface area contributed by atoms with Gasteiger partial charge in [-0.15, -0.1) is 6.04 Å². The number of rotatable bonds is 0. The van der Waals surface area contributed by atoms with Crippen molar-refractivity contribution < 1.29 is 21.1 Å². The molecule has 2 heteroatoms. The molecule has 1 aliphatic rings. The van der Waals surface area contributed by atoms with E-state index in [9.17, 15) is 0 Å². The maximum absolute atomic E-state index is 7.27. The van der Waals surface area contributed by atoms with Gasteiger partial charge in [0.1, 0.15) is 0 Å². The van der Waals surface area contributed by atoms with Crippen LogP contribution in [0.5, 0.6) is 0 Å². The summed E-state index contributed by atoms with van der Waals surface area (Å²) in [5, 5.41) is 0. The Morgan fingerprint density at radius 1 is 1.00 bits per heavy atom. The predicted octanol–water partition coefficient (Wildman–Crippen LogP) is 3.85. The first-order valence-electron chi connectivity index (χ1n) is 4.11. The zero-order chi connectivity index (χ0) is 7.11. The third-order valence-corrected chi connectivity index (χ3v) is 1.61. The first kappa shape index (κ1) is 17.7. The molecule has 0 bridgehead atoms. The molecule has 0 spiro atoms. The molecular formula is C9H21NPt-2. The van der Waals surface area contributed by atoms with Crippen LogP contribution in [0.4, 0.5) is 0 Å². The summed E-state index contributed by atoms with van der Waals surface area (Å²) in [7, 11) is 0. The summed E-state index contributed by atoms with van der Waals surface area (Å²) in [5.41, 5.74) is 7.27. The zero-order valence-corrected chi connectivity index (χ0v) is 10.2. The minimum Gasteiger partial charge on any atom is -0.675 e. The molecule has 0 atom stereocenters. The van der Waals surface area contributed by atoms with Crippen molar-refractivity contribution in [3.63, 3.8) is 0 Å². The van der Waals surface area contributed by atoms with Crippen molar-refractivity contribution in [2.45, 2.75) is 52.0 Å². The Balaban J connectivity index is -0.000000149. The van der Waals surface area contributed by atoms with Crippen LogP contribution in [0.2, 0.25) is 0 Å². The molecule has 0 aromatic heterocycles. The fourth-order valence-corrected chi connectivity index (χ4v) is 1.10. The smallest absolute Gasteiger partial charge is 0 e. The average Bonchev–Trinajstić information content (AvgIpc) is 1.94. The Morgan fingerprint density at radius 2 is 1.36 bits per heavy atom. The van der Waals surface area contributed by atoms with E-state index in [4.69, 9.17) is 5.73 Å². The van der Waals surface area contributed by atoms with Crippen molar-refractivity contribution in [2.75, 3.05) is 0 Å². The molecule has 0 unspecified atom stereocenters. The van der Waals surface area contributed by atoms with E-state index in [1.807, 2.05) is 13.8 Å². The Bertz CT molecular complexity index is 51.5. The minimum absolute atomic E-state index is 0. The topological polar surface area (TPSA) is 23.8 Å². The summed E-state index contributed by atoms with van der Waals surface area (Å²) >= 11 is 0. The van der Waals surface area contributed by atoms with Gasteiger partial charge in [-0.1, -0.05) is 46.0 Å². The second-order valence-electron chi connectivity index (χ2n) is 2.33. The predicted molar refractivity (Wildman–Crippen MR) is 49.0 cm³/mol. The van der Waals surface area contributed by atoms with Crippen LogP contribution in [0.1, 0.15) is 46.0 Å². The summed E-state index contributed by atoms with van der Waals surface area (Å²) < 4.78 is 0. The van der Waals surface area contributed by atoms with Crippen LogP contribution in [0.15, 0.2) is 0 Å². The number of hydrogen-bond donors (Lipinski definition) is 0. The molecule has 0 aromatic rings. The van der Waals surface area contributed by atoms with E-state index < -0.39 is 0 Å². The summed E-state index contributed by atoms with van der Waals surface area (Å²) in [6, 6.07) is 0.286. The molecule has 0 radical (unpaired) electrons. The van der Waals surface area contributed by atoms with Gasteiger partial charge >= 0.3 is 0 Å². The first-order valence-corrected chi connectivity index (χ1v) is 4.11. The van der Waals surface area contributed by atoms with E-state index in [2.05, 4.69) is 0 Å². The summed E-state index contributed by atoms with van der Waals surface area (Å²) in [6.07, 6.45) is 6.28. The number of hydrogen-bond acceptors (Lipinski definition) is 0.